The Balaban J connectivity index is 1.61. The fourth-order valence-electron chi connectivity index (χ4n) is 4.57. The highest BCUT2D eigenvalue weighted by atomic mass is 16.1. The number of hydrogen-bond acceptors (Lipinski definition) is 3. The molecule has 20 heavy (non-hydrogen) atoms. The van der Waals surface area contributed by atoms with Crippen LogP contribution in [0.3, 0.4) is 0 Å². The molecule has 3 heteroatoms. The first kappa shape index (κ1) is 14.5. The number of carbonyl (C=O) groups is 1. The van der Waals surface area contributed by atoms with E-state index in [-0.39, 0.29) is 0 Å². The van der Waals surface area contributed by atoms with E-state index < -0.39 is 0 Å². The number of rotatable bonds is 2. The summed E-state index contributed by atoms with van der Waals surface area (Å²) in [5.74, 6) is 0.813. The molecule has 1 aliphatic carbocycles. The molecule has 0 aromatic heterocycles. The van der Waals surface area contributed by atoms with E-state index in [1.807, 2.05) is 0 Å². The number of hydrogen-bond donors (Lipinski definition) is 0. The molecule has 3 aliphatic rings. The molecule has 0 spiro atoms. The zero-order chi connectivity index (χ0) is 14.3. The normalized spacial score (nSPS) is 39.0. The molecule has 3 unspecified atom stereocenters. The topological polar surface area (TPSA) is 23.6 Å². The Bertz CT molecular complexity index is 379. The van der Waals surface area contributed by atoms with Crippen LogP contribution in [0.1, 0.15) is 52.4 Å². The summed E-state index contributed by atoms with van der Waals surface area (Å²) in [6, 6.07) is 1.53. The molecule has 2 bridgehead atoms. The van der Waals surface area contributed by atoms with Crippen LogP contribution in [-0.4, -0.2) is 54.3 Å². The van der Waals surface area contributed by atoms with Gasteiger partial charge in [-0.05, 0) is 51.1 Å². The molecule has 3 nitrogen and oxygen atoms in total. The van der Waals surface area contributed by atoms with E-state index >= 15 is 0 Å². The molecule has 0 radical (unpaired) electrons. The summed E-state index contributed by atoms with van der Waals surface area (Å²) in [6.07, 6.45) is 6.99. The monoisotopic (exact) mass is 278 g/mol. The van der Waals surface area contributed by atoms with Crippen LogP contribution in [0.15, 0.2) is 0 Å². The Morgan fingerprint density at radius 3 is 2.75 bits per heavy atom. The number of likely N-dealkylation sites (N-methyl/N-ethyl adjacent to an activating group) is 1. The Morgan fingerprint density at radius 2 is 1.95 bits per heavy atom. The smallest absolute Gasteiger partial charge is 0.137 e. The minimum atomic E-state index is 0.292. The maximum Gasteiger partial charge on any atom is 0.137 e. The molecule has 3 rings (SSSR count). The summed E-state index contributed by atoms with van der Waals surface area (Å²) in [4.78, 5) is 17.4. The largest absolute Gasteiger partial charge is 0.301 e. The van der Waals surface area contributed by atoms with Gasteiger partial charge in [0.1, 0.15) is 5.78 Å². The molecule has 0 amide bonds. The van der Waals surface area contributed by atoms with Crippen molar-refractivity contribution in [3.05, 3.63) is 0 Å². The van der Waals surface area contributed by atoms with Gasteiger partial charge in [-0.2, -0.15) is 0 Å². The van der Waals surface area contributed by atoms with Gasteiger partial charge in [-0.15, -0.1) is 0 Å². The molecule has 2 saturated heterocycles. The third-order valence-electron chi connectivity index (χ3n) is 6.01. The number of carbonyl (C=O) groups excluding carboxylic acids is 1. The van der Waals surface area contributed by atoms with E-state index in [0.29, 0.717) is 17.1 Å². The Hall–Kier alpha value is -0.410. The summed E-state index contributed by atoms with van der Waals surface area (Å²) in [7, 11) is 2.29. The van der Waals surface area contributed by atoms with Crippen LogP contribution < -0.4 is 0 Å². The second-order valence-electron chi connectivity index (χ2n) is 8.13. The predicted molar refractivity (Wildman–Crippen MR) is 81.8 cm³/mol. The molecule has 3 fully saturated rings. The first-order valence-corrected chi connectivity index (χ1v) is 8.42. The van der Waals surface area contributed by atoms with E-state index in [0.717, 1.165) is 37.9 Å². The van der Waals surface area contributed by atoms with Crippen LogP contribution >= 0.6 is 0 Å². The minimum absolute atomic E-state index is 0.292. The molecule has 1 saturated carbocycles. The maximum atomic E-state index is 12.2. The van der Waals surface area contributed by atoms with Crippen molar-refractivity contribution in [3.8, 4) is 0 Å². The number of likely N-dealkylation sites (tertiary alicyclic amines) is 1. The predicted octanol–water partition coefficient (Wildman–Crippen LogP) is 2.55. The van der Waals surface area contributed by atoms with Crippen LogP contribution in [0.5, 0.6) is 0 Å². The molecular formula is C17H30N2O. The van der Waals surface area contributed by atoms with E-state index in [2.05, 4.69) is 30.7 Å². The quantitative estimate of drug-likeness (QED) is 0.775. The lowest BCUT2D eigenvalue weighted by molar-refractivity contribution is -0.127. The van der Waals surface area contributed by atoms with Gasteiger partial charge in [-0.3, -0.25) is 9.69 Å². The van der Waals surface area contributed by atoms with Gasteiger partial charge in [0, 0.05) is 37.5 Å². The average molecular weight is 278 g/mol. The van der Waals surface area contributed by atoms with E-state index in [1.54, 1.807) is 0 Å². The average Bonchev–Trinajstić information content (AvgIpc) is 2.62. The van der Waals surface area contributed by atoms with Crippen LogP contribution in [0.4, 0.5) is 0 Å². The summed E-state index contributed by atoms with van der Waals surface area (Å²) >= 11 is 0. The molecule has 2 aliphatic heterocycles. The van der Waals surface area contributed by atoms with Crippen LogP contribution in [0.2, 0.25) is 0 Å². The second-order valence-corrected chi connectivity index (χ2v) is 8.13. The molecule has 3 atom stereocenters. The van der Waals surface area contributed by atoms with Crippen LogP contribution in [0.25, 0.3) is 0 Å². The van der Waals surface area contributed by atoms with Crippen LogP contribution in [-0.2, 0) is 4.79 Å². The van der Waals surface area contributed by atoms with Crippen molar-refractivity contribution >= 4 is 5.78 Å². The van der Waals surface area contributed by atoms with Gasteiger partial charge in [0.05, 0.1) is 0 Å². The zero-order valence-corrected chi connectivity index (χ0v) is 13.4. The lowest BCUT2D eigenvalue weighted by atomic mass is 9.71. The van der Waals surface area contributed by atoms with Crippen molar-refractivity contribution in [2.24, 2.45) is 11.3 Å². The summed E-state index contributed by atoms with van der Waals surface area (Å²) in [6.45, 7) is 8.03. The minimum Gasteiger partial charge on any atom is -0.301 e. The molecule has 114 valence electrons. The molecular weight excluding hydrogens is 248 g/mol. The number of fused-ring (bicyclic) bond motifs is 2. The fraction of sp³-hybridized carbons (Fsp3) is 0.941. The molecule has 2 heterocycles. The molecule has 0 aromatic carbocycles. The Labute approximate surface area is 123 Å². The number of nitrogens with zero attached hydrogens (tertiary/aromatic N) is 2. The van der Waals surface area contributed by atoms with Gasteiger partial charge in [0.15, 0.2) is 0 Å². The van der Waals surface area contributed by atoms with Crippen molar-refractivity contribution < 1.29 is 4.79 Å². The summed E-state index contributed by atoms with van der Waals surface area (Å²) in [5.41, 5.74) is 0.361. The lowest BCUT2D eigenvalue weighted by Crippen LogP contribution is -2.42. The Morgan fingerprint density at radius 1 is 1.20 bits per heavy atom. The van der Waals surface area contributed by atoms with E-state index in [9.17, 15) is 4.79 Å². The van der Waals surface area contributed by atoms with Gasteiger partial charge in [0.25, 0.3) is 0 Å². The van der Waals surface area contributed by atoms with Crippen LogP contribution in [0, 0.1) is 11.3 Å². The summed E-state index contributed by atoms with van der Waals surface area (Å²) < 4.78 is 0. The maximum absolute atomic E-state index is 12.2. The first-order chi connectivity index (χ1) is 9.44. The standard InChI is InChI=1S/C17H30N2O/c1-17(2)8-6-16(20)13(10-17)11-19-9-7-14-4-5-15(12-19)18(14)3/h13-15H,4-12H2,1-3H3. The van der Waals surface area contributed by atoms with Crippen molar-refractivity contribution in [2.75, 3.05) is 26.7 Å². The van der Waals surface area contributed by atoms with Gasteiger partial charge < -0.3 is 4.90 Å². The van der Waals surface area contributed by atoms with Gasteiger partial charge in [0.2, 0.25) is 0 Å². The van der Waals surface area contributed by atoms with E-state index in [1.165, 1.54) is 32.4 Å². The van der Waals surface area contributed by atoms with Crippen molar-refractivity contribution in [3.63, 3.8) is 0 Å². The number of Topliss-reactive ketones (excluding diaryl/α,β-unsaturated/α-hetero) is 1. The molecule has 0 N–H and O–H groups in total. The summed E-state index contributed by atoms with van der Waals surface area (Å²) in [5, 5.41) is 0. The Kier molecular flexibility index (Phi) is 3.93. The van der Waals surface area contributed by atoms with E-state index in [4.69, 9.17) is 0 Å². The number of ketones is 1. The third kappa shape index (κ3) is 2.94. The first-order valence-electron chi connectivity index (χ1n) is 8.42. The van der Waals surface area contributed by atoms with Gasteiger partial charge in [-0.1, -0.05) is 13.8 Å². The highest BCUT2D eigenvalue weighted by Gasteiger charge is 2.38. The second kappa shape index (κ2) is 5.42. The third-order valence-corrected chi connectivity index (χ3v) is 6.01. The van der Waals surface area contributed by atoms with Crippen molar-refractivity contribution in [1.29, 1.82) is 0 Å². The van der Waals surface area contributed by atoms with Crippen molar-refractivity contribution in [1.82, 2.24) is 9.80 Å². The fourth-order valence-corrected chi connectivity index (χ4v) is 4.57. The lowest BCUT2D eigenvalue weighted by Gasteiger charge is -2.37. The zero-order valence-electron chi connectivity index (χ0n) is 13.4. The van der Waals surface area contributed by atoms with Crippen molar-refractivity contribution in [2.45, 2.75) is 64.5 Å². The van der Waals surface area contributed by atoms with Gasteiger partial charge >= 0.3 is 0 Å². The highest BCUT2D eigenvalue weighted by Crippen LogP contribution is 2.37. The SMILES string of the molecule is CN1C2CCC1CN(CC1CC(C)(C)CCC1=O)CC2. The highest BCUT2D eigenvalue weighted by molar-refractivity contribution is 5.82. The van der Waals surface area contributed by atoms with Gasteiger partial charge in [-0.25, -0.2) is 0 Å². The molecule has 0 aromatic rings.